The maximum absolute atomic E-state index is 13.1. The van der Waals surface area contributed by atoms with E-state index in [-0.39, 0.29) is 29.2 Å². The summed E-state index contributed by atoms with van der Waals surface area (Å²) in [7, 11) is 1.48. The molecule has 2 aromatic carbocycles. The summed E-state index contributed by atoms with van der Waals surface area (Å²) in [6.45, 7) is 3.20. The molecule has 0 N–H and O–H groups in total. The number of amides is 1. The molecular formula is C22H19ClF3N3O2. The largest absolute Gasteiger partial charge is 0.416 e. The normalized spacial score (nSPS) is 11.5. The van der Waals surface area contributed by atoms with E-state index in [0.29, 0.717) is 10.6 Å². The van der Waals surface area contributed by atoms with Gasteiger partial charge < -0.3 is 4.90 Å². The Hall–Kier alpha value is -3.13. The Morgan fingerprint density at radius 2 is 1.77 bits per heavy atom. The Morgan fingerprint density at radius 1 is 1.10 bits per heavy atom. The van der Waals surface area contributed by atoms with Crippen molar-refractivity contribution >= 4 is 23.3 Å². The highest BCUT2D eigenvalue weighted by atomic mass is 35.5. The molecule has 0 atom stereocenters. The number of likely N-dealkylation sites (N-methyl/N-ethyl adjacent to an activating group) is 1. The number of hydrogen-bond acceptors (Lipinski definition) is 3. The predicted molar refractivity (Wildman–Crippen MR) is 110 cm³/mol. The number of halogens is 4. The summed E-state index contributed by atoms with van der Waals surface area (Å²) in [5, 5.41) is 4.67. The molecule has 0 bridgehead atoms. The predicted octanol–water partition coefficient (Wildman–Crippen LogP) is 5.00. The van der Waals surface area contributed by atoms with Crippen LogP contribution in [-0.2, 0) is 17.5 Å². The maximum atomic E-state index is 13.1. The number of Topliss-reactive ketones (excluding diaryl/α,β-unsaturated/α-hetero) is 1. The zero-order chi connectivity index (χ0) is 22.9. The van der Waals surface area contributed by atoms with Gasteiger partial charge in [-0.3, -0.25) is 9.59 Å². The molecule has 3 rings (SSSR count). The Morgan fingerprint density at radius 3 is 2.42 bits per heavy atom. The molecule has 0 saturated carbocycles. The molecule has 1 amide bonds. The molecule has 162 valence electrons. The molecule has 0 aliphatic heterocycles. The van der Waals surface area contributed by atoms with Crippen LogP contribution in [0.4, 0.5) is 13.2 Å². The average molecular weight is 450 g/mol. The van der Waals surface area contributed by atoms with E-state index < -0.39 is 23.4 Å². The summed E-state index contributed by atoms with van der Waals surface area (Å²) in [5.41, 5.74) is 0.586. The first-order valence-corrected chi connectivity index (χ1v) is 9.65. The van der Waals surface area contributed by atoms with Gasteiger partial charge in [0.1, 0.15) is 0 Å². The van der Waals surface area contributed by atoms with Gasteiger partial charge in [0.15, 0.2) is 0 Å². The quantitative estimate of drug-likeness (QED) is 0.407. The number of aryl methyl sites for hydroxylation is 1. The Labute approximate surface area is 182 Å². The zero-order valence-electron chi connectivity index (χ0n) is 17.0. The van der Waals surface area contributed by atoms with Crippen molar-refractivity contribution in [3.63, 3.8) is 0 Å². The lowest BCUT2D eigenvalue weighted by Crippen LogP contribution is -2.33. The van der Waals surface area contributed by atoms with Crippen molar-refractivity contribution in [3.8, 4) is 5.69 Å². The minimum Gasteiger partial charge on any atom is -0.334 e. The van der Waals surface area contributed by atoms with Gasteiger partial charge in [0.25, 0.3) is 11.7 Å². The lowest BCUT2D eigenvalue weighted by molar-refractivity contribution is -0.137. The van der Waals surface area contributed by atoms with E-state index >= 15 is 0 Å². The molecule has 1 aromatic heterocycles. The maximum Gasteiger partial charge on any atom is 0.416 e. The molecule has 0 aliphatic rings. The number of carbonyl (C=O) groups excluding carboxylic acids is 2. The number of rotatable bonds is 5. The molecule has 0 saturated heterocycles. The van der Waals surface area contributed by atoms with E-state index in [9.17, 15) is 22.8 Å². The van der Waals surface area contributed by atoms with E-state index in [1.54, 1.807) is 24.3 Å². The van der Waals surface area contributed by atoms with E-state index in [1.807, 2.05) is 0 Å². The topological polar surface area (TPSA) is 55.2 Å². The Kier molecular flexibility index (Phi) is 6.22. The van der Waals surface area contributed by atoms with Gasteiger partial charge >= 0.3 is 6.18 Å². The molecule has 5 nitrogen and oxygen atoms in total. The van der Waals surface area contributed by atoms with Crippen molar-refractivity contribution < 1.29 is 22.8 Å². The summed E-state index contributed by atoms with van der Waals surface area (Å²) in [6.07, 6.45) is -4.51. The van der Waals surface area contributed by atoms with Crippen LogP contribution in [0.2, 0.25) is 5.02 Å². The Balaban J connectivity index is 1.90. The SMILES string of the molecule is Cc1nn(-c2cccc(C(F)(F)F)c2)c(C)c1C(=O)C(=O)N(C)Cc1ccccc1Cl. The van der Waals surface area contributed by atoms with Gasteiger partial charge in [0.05, 0.1) is 28.2 Å². The molecule has 0 aliphatic carbocycles. The molecule has 1 heterocycles. The van der Waals surface area contributed by atoms with Gasteiger partial charge in [-0.25, -0.2) is 4.68 Å². The molecule has 0 spiro atoms. The van der Waals surface area contributed by atoms with Crippen molar-refractivity contribution in [1.82, 2.24) is 14.7 Å². The number of alkyl halides is 3. The van der Waals surface area contributed by atoms with Crippen LogP contribution in [0.3, 0.4) is 0 Å². The summed E-state index contributed by atoms with van der Waals surface area (Å²) in [4.78, 5) is 26.9. The van der Waals surface area contributed by atoms with Crippen LogP contribution in [0, 0.1) is 13.8 Å². The van der Waals surface area contributed by atoms with E-state index in [2.05, 4.69) is 5.10 Å². The van der Waals surface area contributed by atoms with Crippen molar-refractivity contribution in [2.24, 2.45) is 0 Å². The second-order valence-corrected chi connectivity index (χ2v) is 7.49. The highest BCUT2D eigenvalue weighted by molar-refractivity contribution is 6.43. The zero-order valence-corrected chi connectivity index (χ0v) is 17.8. The molecule has 0 unspecified atom stereocenters. The first-order valence-electron chi connectivity index (χ1n) is 9.27. The van der Waals surface area contributed by atoms with Gasteiger partial charge in [-0.1, -0.05) is 35.9 Å². The molecule has 9 heteroatoms. The van der Waals surface area contributed by atoms with Gasteiger partial charge in [-0.05, 0) is 43.7 Å². The van der Waals surface area contributed by atoms with Crippen LogP contribution in [0.1, 0.15) is 32.9 Å². The number of ketones is 1. The molecular weight excluding hydrogens is 431 g/mol. The van der Waals surface area contributed by atoms with Gasteiger partial charge in [-0.15, -0.1) is 0 Å². The number of aromatic nitrogens is 2. The fraction of sp³-hybridized carbons (Fsp3) is 0.227. The number of benzene rings is 2. The Bertz CT molecular complexity index is 1160. The smallest absolute Gasteiger partial charge is 0.334 e. The van der Waals surface area contributed by atoms with Gasteiger partial charge in [-0.2, -0.15) is 18.3 Å². The van der Waals surface area contributed by atoms with Crippen LogP contribution in [0.25, 0.3) is 5.69 Å². The van der Waals surface area contributed by atoms with Crippen LogP contribution in [0.15, 0.2) is 48.5 Å². The summed E-state index contributed by atoms with van der Waals surface area (Å²) in [6, 6.07) is 11.6. The third kappa shape index (κ3) is 4.64. The summed E-state index contributed by atoms with van der Waals surface area (Å²) in [5.74, 6) is -1.56. The summed E-state index contributed by atoms with van der Waals surface area (Å²) >= 11 is 6.12. The van der Waals surface area contributed by atoms with Crippen molar-refractivity contribution in [3.05, 3.63) is 81.6 Å². The first-order chi connectivity index (χ1) is 14.5. The molecule has 0 radical (unpaired) electrons. The van der Waals surface area contributed by atoms with Gasteiger partial charge in [0, 0.05) is 18.6 Å². The number of carbonyl (C=O) groups is 2. The van der Waals surface area contributed by atoms with E-state index in [0.717, 1.165) is 12.1 Å². The minimum absolute atomic E-state index is 0.0634. The van der Waals surface area contributed by atoms with E-state index in [4.69, 9.17) is 11.6 Å². The van der Waals surface area contributed by atoms with Crippen LogP contribution in [-0.4, -0.2) is 33.4 Å². The number of nitrogens with zero attached hydrogens (tertiary/aromatic N) is 3. The standard InChI is InChI=1S/C22H19ClF3N3O2/c1-13-19(20(30)21(31)28(3)12-15-7-4-5-10-18(15)23)14(2)29(27-13)17-9-6-8-16(11-17)22(24,25)26/h4-11H,12H2,1-3H3. The monoisotopic (exact) mass is 449 g/mol. The lowest BCUT2D eigenvalue weighted by Gasteiger charge is -2.17. The molecule has 3 aromatic rings. The molecule has 0 fully saturated rings. The lowest BCUT2D eigenvalue weighted by atomic mass is 10.1. The van der Waals surface area contributed by atoms with Crippen LogP contribution >= 0.6 is 11.6 Å². The van der Waals surface area contributed by atoms with Crippen molar-refractivity contribution in [2.75, 3.05) is 7.05 Å². The third-order valence-corrected chi connectivity index (χ3v) is 5.21. The average Bonchev–Trinajstić information content (AvgIpc) is 3.02. The van der Waals surface area contributed by atoms with Gasteiger partial charge in [0.2, 0.25) is 0 Å². The van der Waals surface area contributed by atoms with Crippen LogP contribution in [0.5, 0.6) is 0 Å². The fourth-order valence-corrected chi connectivity index (χ4v) is 3.47. The van der Waals surface area contributed by atoms with E-state index in [1.165, 1.54) is 42.6 Å². The van der Waals surface area contributed by atoms with Crippen molar-refractivity contribution in [2.45, 2.75) is 26.6 Å². The highest BCUT2D eigenvalue weighted by Gasteiger charge is 2.31. The second kappa shape index (κ2) is 8.55. The van der Waals surface area contributed by atoms with Crippen LogP contribution < -0.4 is 0 Å². The summed E-state index contributed by atoms with van der Waals surface area (Å²) < 4.78 is 40.4. The second-order valence-electron chi connectivity index (χ2n) is 7.09. The third-order valence-electron chi connectivity index (χ3n) is 4.84. The fourth-order valence-electron chi connectivity index (χ4n) is 3.27. The minimum atomic E-state index is -4.51. The number of hydrogen-bond donors (Lipinski definition) is 0. The first kappa shape index (κ1) is 22.6. The van der Waals surface area contributed by atoms with Crippen molar-refractivity contribution in [1.29, 1.82) is 0 Å². The highest BCUT2D eigenvalue weighted by Crippen LogP contribution is 2.31. The molecule has 31 heavy (non-hydrogen) atoms.